The van der Waals surface area contributed by atoms with Crippen LogP contribution in [-0.2, 0) is 4.74 Å². The highest BCUT2D eigenvalue weighted by atomic mass is 19.4. The highest BCUT2D eigenvalue weighted by Gasteiger charge is 2.59. The molecule has 0 amide bonds. The largest absolute Gasteiger partial charge is 0.401 e. The van der Waals surface area contributed by atoms with E-state index in [1.807, 2.05) is 20.8 Å². The molecule has 1 aliphatic carbocycles. The maximum atomic E-state index is 12.6. The fourth-order valence-corrected chi connectivity index (χ4v) is 2.79. The van der Waals surface area contributed by atoms with E-state index in [2.05, 4.69) is 0 Å². The molecule has 0 bridgehead atoms. The van der Waals surface area contributed by atoms with E-state index in [0.29, 0.717) is 13.0 Å². The first kappa shape index (κ1) is 17.7. The third kappa shape index (κ3) is 3.65. The zero-order chi connectivity index (χ0) is 15.8. The third-order valence-electron chi connectivity index (χ3n) is 4.60. The Hall–Kier alpha value is -0.330. The third-order valence-corrected chi connectivity index (χ3v) is 4.60. The van der Waals surface area contributed by atoms with E-state index in [1.54, 1.807) is 13.8 Å². The van der Waals surface area contributed by atoms with Crippen LogP contribution in [0.5, 0.6) is 0 Å². The van der Waals surface area contributed by atoms with Gasteiger partial charge in [-0.2, -0.15) is 13.2 Å². The SMILES string of the molecule is CCOC1CC(N)(CN(CC(F)(F)F)C(C)C)C1(C)C. The molecule has 0 aromatic carbocycles. The smallest absolute Gasteiger partial charge is 0.378 e. The summed E-state index contributed by atoms with van der Waals surface area (Å²) in [6.07, 6.45) is -3.57. The Bertz CT molecular complexity index is 331. The average molecular weight is 296 g/mol. The summed E-state index contributed by atoms with van der Waals surface area (Å²) in [6, 6.07) is -0.195. The van der Waals surface area contributed by atoms with Gasteiger partial charge in [0.1, 0.15) is 0 Å². The van der Waals surface area contributed by atoms with Gasteiger partial charge >= 0.3 is 6.18 Å². The average Bonchev–Trinajstić information content (AvgIpc) is 2.26. The van der Waals surface area contributed by atoms with E-state index < -0.39 is 18.3 Å². The summed E-state index contributed by atoms with van der Waals surface area (Å²) < 4.78 is 43.5. The Labute approximate surface area is 119 Å². The van der Waals surface area contributed by atoms with E-state index in [0.717, 1.165) is 0 Å². The first-order valence-corrected chi connectivity index (χ1v) is 7.14. The molecule has 0 aliphatic heterocycles. The van der Waals surface area contributed by atoms with Crippen molar-refractivity contribution in [3.8, 4) is 0 Å². The minimum absolute atomic E-state index is 0.0254. The Morgan fingerprint density at radius 2 is 1.90 bits per heavy atom. The fraction of sp³-hybridized carbons (Fsp3) is 1.00. The molecule has 0 aromatic rings. The molecular formula is C14H27F3N2O. The van der Waals surface area contributed by atoms with Crippen molar-refractivity contribution in [2.75, 3.05) is 19.7 Å². The number of halogens is 3. The predicted octanol–water partition coefficient (Wildman–Crippen LogP) is 2.79. The van der Waals surface area contributed by atoms with Crippen LogP contribution in [0.15, 0.2) is 0 Å². The lowest BCUT2D eigenvalue weighted by molar-refractivity contribution is -0.179. The van der Waals surface area contributed by atoms with Crippen LogP contribution in [0, 0.1) is 5.41 Å². The normalized spacial score (nSPS) is 29.9. The van der Waals surface area contributed by atoms with E-state index in [9.17, 15) is 13.2 Å². The van der Waals surface area contributed by atoms with Gasteiger partial charge in [-0.1, -0.05) is 13.8 Å². The summed E-state index contributed by atoms with van der Waals surface area (Å²) in [5.41, 5.74) is 5.42. The highest BCUT2D eigenvalue weighted by molar-refractivity contribution is 5.15. The molecule has 3 nitrogen and oxygen atoms in total. The molecule has 0 saturated heterocycles. The number of rotatable bonds is 6. The standard InChI is InChI=1S/C14H27F3N2O/c1-6-20-11-7-13(18,12(11,4)5)8-19(10(2)3)9-14(15,16)17/h10-11H,6-9,18H2,1-5H3. The molecule has 2 atom stereocenters. The zero-order valence-electron chi connectivity index (χ0n) is 13.0. The molecule has 1 saturated carbocycles. The van der Waals surface area contributed by atoms with Gasteiger partial charge in [-0.05, 0) is 27.2 Å². The van der Waals surface area contributed by atoms with E-state index >= 15 is 0 Å². The number of nitrogens with zero attached hydrogens (tertiary/aromatic N) is 1. The molecule has 1 aliphatic rings. The van der Waals surface area contributed by atoms with E-state index in [4.69, 9.17) is 10.5 Å². The summed E-state index contributed by atoms with van der Waals surface area (Å²) >= 11 is 0. The molecule has 2 unspecified atom stereocenters. The number of hydrogen-bond donors (Lipinski definition) is 1. The van der Waals surface area contributed by atoms with Crippen molar-refractivity contribution < 1.29 is 17.9 Å². The summed E-state index contributed by atoms with van der Waals surface area (Å²) in [7, 11) is 0. The lowest BCUT2D eigenvalue weighted by atomic mass is 9.54. The topological polar surface area (TPSA) is 38.5 Å². The molecule has 0 spiro atoms. The number of nitrogens with two attached hydrogens (primary N) is 1. The van der Waals surface area contributed by atoms with Gasteiger partial charge in [0, 0.05) is 30.1 Å². The van der Waals surface area contributed by atoms with Crippen LogP contribution in [0.4, 0.5) is 13.2 Å². The van der Waals surface area contributed by atoms with Crippen molar-refractivity contribution in [3.63, 3.8) is 0 Å². The van der Waals surface area contributed by atoms with Crippen LogP contribution >= 0.6 is 0 Å². The second-order valence-corrected chi connectivity index (χ2v) is 6.64. The number of ether oxygens (including phenoxy) is 1. The minimum Gasteiger partial charge on any atom is -0.378 e. The van der Waals surface area contributed by atoms with Gasteiger partial charge in [-0.25, -0.2) is 0 Å². The monoisotopic (exact) mass is 296 g/mol. The molecule has 6 heteroatoms. The van der Waals surface area contributed by atoms with Gasteiger partial charge in [-0.3, -0.25) is 4.90 Å². The molecule has 1 fully saturated rings. The number of hydrogen-bond acceptors (Lipinski definition) is 3. The summed E-state index contributed by atoms with van der Waals surface area (Å²) in [4.78, 5) is 1.41. The Morgan fingerprint density at radius 3 is 2.25 bits per heavy atom. The molecule has 2 N–H and O–H groups in total. The molecule has 0 heterocycles. The molecule has 0 radical (unpaired) electrons. The van der Waals surface area contributed by atoms with Gasteiger partial charge in [0.05, 0.1) is 12.6 Å². The Balaban J connectivity index is 2.74. The van der Waals surface area contributed by atoms with Crippen LogP contribution in [0.25, 0.3) is 0 Å². The quantitative estimate of drug-likeness (QED) is 0.819. The predicted molar refractivity (Wildman–Crippen MR) is 73.5 cm³/mol. The summed E-state index contributed by atoms with van der Waals surface area (Å²) in [5.74, 6) is 0. The van der Waals surface area contributed by atoms with Crippen molar-refractivity contribution in [2.45, 2.75) is 64.9 Å². The van der Waals surface area contributed by atoms with Crippen molar-refractivity contribution in [3.05, 3.63) is 0 Å². The highest BCUT2D eigenvalue weighted by Crippen LogP contribution is 2.50. The van der Waals surface area contributed by atoms with Gasteiger partial charge in [0.2, 0.25) is 0 Å². The second-order valence-electron chi connectivity index (χ2n) is 6.64. The van der Waals surface area contributed by atoms with Crippen molar-refractivity contribution in [1.29, 1.82) is 0 Å². The van der Waals surface area contributed by atoms with Crippen molar-refractivity contribution in [2.24, 2.45) is 11.1 Å². The second kappa shape index (κ2) is 5.81. The molecule has 0 aromatic heterocycles. The van der Waals surface area contributed by atoms with E-state index in [-0.39, 0.29) is 24.1 Å². The molecule has 120 valence electrons. The van der Waals surface area contributed by atoms with Crippen LogP contribution in [-0.4, -0.2) is 48.5 Å². The van der Waals surface area contributed by atoms with Crippen LogP contribution in [0.3, 0.4) is 0 Å². The van der Waals surface area contributed by atoms with E-state index in [1.165, 1.54) is 4.90 Å². The first-order chi connectivity index (χ1) is 8.93. The Kier molecular flexibility index (Phi) is 5.15. The van der Waals surface area contributed by atoms with Crippen molar-refractivity contribution >= 4 is 0 Å². The Morgan fingerprint density at radius 1 is 1.35 bits per heavy atom. The van der Waals surface area contributed by atoms with Gasteiger partial charge in [0.15, 0.2) is 0 Å². The minimum atomic E-state index is -4.20. The van der Waals surface area contributed by atoms with Crippen LogP contribution in [0.1, 0.15) is 41.0 Å². The van der Waals surface area contributed by atoms with Crippen LogP contribution < -0.4 is 5.73 Å². The maximum Gasteiger partial charge on any atom is 0.401 e. The number of alkyl halides is 3. The first-order valence-electron chi connectivity index (χ1n) is 7.14. The van der Waals surface area contributed by atoms with Gasteiger partial charge < -0.3 is 10.5 Å². The fourth-order valence-electron chi connectivity index (χ4n) is 2.79. The zero-order valence-corrected chi connectivity index (χ0v) is 13.0. The summed E-state index contributed by atoms with van der Waals surface area (Å²) in [5, 5.41) is 0. The molecule has 20 heavy (non-hydrogen) atoms. The van der Waals surface area contributed by atoms with Gasteiger partial charge in [-0.15, -0.1) is 0 Å². The molecule has 1 rings (SSSR count). The lowest BCUT2D eigenvalue weighted by Gasteiger charge is -2.60. The molecular weight excluding hydrogens is 269 g/mol. The summed E-state index contributed by atoms with van der Waals surface area (Å²) in [6.45, 7) is 9.31. The maximum absolute atomic E-state index is 12.6. The van der Waals surface area contributed by atoms with Gasteiger partial charge in [0.25, 0.3) is 0 Å². The van der Waals surface area contributed by atoms with Crippen molar-refractivity contribution in [1.82, 2.24) is 4.90 Å². The van der Waals surface area contributed by atoms with Crippen LogP contribution in [0.2, 0.25) is 0 Å². The lowest BCUT2D eigenvalue weighted by Crippen LogP contribution is -2.74.